The van der Waals surface area contributed by atoms with Crippen LogP contribution in [0.2, 0.25) is 0 Å². The van der Waals surface area contributed by atoms with Crippen molar-refractivity contribution in [3.05, 3.63) is 132 Å². The highest BCUT2D eigenvalue weighted by Gasteiger charge is 2.23. The standard InChI is InChI=1S/C31H20O2/c32-31-20-29(28-18-8-13-22-10-2-5-15-25(22)28)30(33-31)19-23-11-3-6-16-26(23)27-17-7-12-21-9-1-4-14-24(21)27/h1-20H/b30-19+. The second-order valence-electron chi connectivity index (χ2n) is 8.13. The highest BCUT2D eigenvalue weighted by Crippen LogP contribution is 2.37. The summed E-state index contributed by atoms with van der Waals surface area (Å²) in [5, 5.41) is 4.61. The Morgan fingerprint density at radius 1 is 0.545 bits per heavy atom. The summed E-state index contributed by atoms with van der Waals surface area (Å²) in [7, 11) is 0. The van der Waals surface area contributed by atoms with Gasteiger partial charge in [-0.2, -0.15) is 0 Å². The molecule has 0 saturated carbocycles. The molecule has 1 aliphatic rings. The van der Waals surface area contributed by atoms with Gasteiger partial charge in [0.15, 0.2) is 0 Å². The lowest BCUT2D eigenvalue weighted by Gasteiger charge is -2.12. The molecule has 0 fully saturated rings. The van der Waals surface area contributed by atoms with E-state index in [0.717, 1.165) is 38.6 Å². The Labute approximate surface area is 192 Å². The molecule has 0 saturated heterocycles. The van der Waals surface area contributed by atoms with Crippen LogP contribution in [-0.4, -0.2) is 5.97 Å². The van der Waals surface area contributed by atoms with Crippen molar-refractivity contribution in [2.75, 3.05) is 0 Å². The Balaban J connectivity index is 1.52. The molecule has 0 spiro atoms. The third-order valence-corrected chi connectivity index (χ3v) is 6.15. The van der Waals surface area contributed by atoms with Gasteiger partial charge in [-0.25, -0.2) is 4.79 Å². The smallest absolute Gasteiger partial charge is 0.336 e. The van der Waals surface area contributed by atoms with Crippen LogP contribution in [0.3, 0.4) is 0 Å². The van der Waals surface area contributed by atoms with Crippen LogP contribution in [-0.2, 0) is 9.53 Å². The van der Waals surface area contributed by atoms with Gasteiger partial charge in [-0.1, -0.05) is 109 Å². The SMILES string of the molecule is O=C1C=C(c2cccc3ccccc23)/C(=C\c2ccccc2-c2cccc3ccccc23)O1. The lowest BCUT2D eigenvalue weighted by molar-refractivity contribution is -0.132. The van der Waals surface area contributed by atoms with E-state index in [1.807, 2.05) is 42.5 Å². The fourth-order valence-corrected chi connectivity index (χ4v) is 4.63. The number of carbonyl (C=O) groups excluding carboxylic acids is 1. The maximum absolute atomic E-state index is 12.4. The van der Waals surface area contributed by atoms with E-state index in [2.05, 4.69) is 72.8 Å². The fourth-order valence-electron chi connectivity index (χ4n) is 4.63. The van der Waals surface area contributed by atoms with Gasteiger partial charge in [0.25, 0.3) is 0 Å². The fraction of sp³-hybridized carbons (Fsp3) is 0. The van der Waals surface area contributed by atoms with Gasteiger partial charge in [0.1, 0.15) is 5.76 Å². The molecule has 2 heteroatoms. The number of cyclic esters (lactones) is 1. The number of rotatable bonds is 3. The number of allylic oxidation sites excluding steroid dienone is 1. The molecule has 33 heavy (non-hydrogen) atoms. The van der Waals surface area contributed by atoms with Gasteiger partial charge in [0, 0.05) is 11.6 Å². The number of hydrogen-bond acceptors (Lipinski definition) is 2. The average Bonchev–Trinajstić information content (AvgIpc) is 3.23. The van der Waals surface area contributed by atoms with Crippen LogP contribution in [0.25, 0.3) is 44.3 Å². The maximum atomic E-state index is 12.4. The molecule has 2 nitrogen and oxygen atoms in total. The molecule has 1 heterocycles. The zero-order valence-electron chi connectivity index (χ0n) is 17.9. The summed E-state index contributed by atoms with van der Waals surface area (Å²) in [5.74, 6) is 0.232. The van der Waals surface area contributed by atoms with Crippen molar-refractivity contribution in [1.82, 2.24) is 0 Å². The van der Waals surface area contributed by atoms with Gasteiger partial charge >= 0.3 is 5.97 Å². The largest absolute Gasteiger partial charge is 0.423 e. The van der Waals surface area contributed by atoms with E-state index in [9.17, 15) is 4.79 Å². The van der Waals surface area contributed by atoms with Gasteiger partial charge in [-0.15, -0.1) is 0 Å². The molecule has 0 aliphatic carbocycles. The van der Waals surface area contributed by atoms with Crippen LogP contribution >= 0.6 is 0 Å². The van der Waals surface area contributed by atoms with Crippen molar-refractivity contribution < 1.29 is 9.53 Å². The van der Waals surface area contributed by atoms with Crippen LogP contribution in [0.5, 0.6) is 0 Å². The Hall–Kier alpha value is -4.43. The summed E-state index contributed by atoms with van der Waals surface area (Å²) in [6, 6.07) is 37.3. The highest BCUT2D eigenvalue weighted by molar-refractivity contribution is 6.09. The van der Waals surface area contributed by atoms with Gasteiger partial charge in [0.2, 0.25) is 0 Å². The number of fused-ring (bicyclic) bond motifs is 2. The van der Waals surface area contributed by atoms with Gasteiger partial charge in [-0.05, 0) is 49.9 Å². The van der Waals surface area contributed by atoms with Crippen molar-refractivity contribution in [3.8, 4) is 11.1 Å². The summed E-state index contributed by atoms with van der Waals surface area (Å²) in [5.41, 5.74) is 5.06. The van der Waals surface area contributed by atoms with Crippen molar-refractivity contribution in [2.45, 2.75) is 0 Å². The Bertz CT molecular complexity index is 1590. The molecule has 0 aromatic heterocycles. The third-order valence-electron chi connectivity index (χ3n) is 6.15. The van der Waals surface area contributed by atoms with E-state index >= 15 is 0 Å². The van der Waals surface area contributed by atoms with E-state index in [-0.39, 0.29) is 5.97 Å². The molecule has 0 atom stereocenters. The number of esters is 1. The molecule has 6 rings (SSSR count). The molecule has 5 aromatic rings. The molecule has 0 unspecified atom stereocenters. The predicted octanol–water partition coefficient (Wildman–Crippen LogP) is 7.64. The second-order valence-corrected chi connectivity index (χ2v) is 8.13. The molecule has 0 amide bonds. The molecule has 1 aliphatic heterocycles. The van der Waals surface area contributed by atoms with E-state index in [0.29, 0.717) is 5.76 Å². The van der Waals surface area contributed by atoms with Crippen molar-refractivity contribution >= 4 is 39.2 Å². The average molecular weight is 424 g/mol. The molecular weight excluding hydrogens is 404 g/mol. The number of ether oxygens (including phenoxy) is 1. The van der Waals surface area contributed by atoms with Crippen LogP contribution in [0.15, 0.2) is 121 Å². The topological polar surface area (TPSA) is 26.3 Å². The van der Waals surface area contributed by atoms with Crippen molar-refractivity contribution in [2.24, 2.45) is 0 Å². The second kappa shape index (κ2) is 7.92. The lowest BCUT2D eigenvalue weighted by Crippen LogP contribution is -1.93. The minimum Gasteiger partial charge on any atom is -0.423 e. The van der Waals surface area contributed by atoms with Gasteiger partial charge in [-0.3, -0.25) is 0 Å². The van der Waals surface area contributed by atoms with Crippen LogP contribution in [0.4, 0.5) is 0 Å². The lowest BCUT2D eigenvalue weighted by atomic mass is 9.93. The number of benzene rings is 5. The van der Waals surface area contributed by atoms with E-state index in [1.165, 1.54) is 10.8 Å². The minimum absolute atomic E-state index is 0.341. The quantitative estimate of drug-likeness (QED) is 0.278. The van der Waals surface area contributed by atoms with E-state index in [1.54, 1.807) is 6.08 Å². The first-order valence-corrected chi connectivity index (χ1v) is 11.0. The third kappa shape index (κ3) is 3.42. The Morgan fingerprint density at radius 2 is 1.09 bits per heavy atom. The monoisotopic (exact) mass is 424 g/mol. The summed E-state index contributed by atoms with van der Waals surface area (Å²) in [4.78, 5) is 12.4. The van der Waals surface area contributed by atoms with Crippen molar-refractivity contribution in [1.29, 1.82) is 0 Å². The summed E-state index contributed by atoms with van der Waals surface area (Å²) >= 11 is 0. The number of carbonyl (C=O) groups is 1. The zero-order valence-corrected chi connectivity index (χ0v) is 17.9. The minimum atomic E-state index is -0.341. The highest BCUT2D eigenvalue weighted by atomic mass is 16.5. The Kier molecular flexibility index (Phi) is 4.63. The molecule has 0 bridgehead atoms. The first kappa shape index (κ1) is 19.3. The van der Waals surface area contributed by atoms with Crippen LogP contribution in [0, 0.1) is 0 Å². The molecule has 5 aromatic carbocycles. The van der Waals surface area contributed by atoms with E-state index < -0.39 is 0 Å². The zero-order chi connectivity index (χ0) is 22.2. The van der Waals surface area contributed by atoms with Crippen LogP contribution < -0.4 is 0 Å². The van der Waals surface area contributed by atoms with Gasteiger partial charge < -0.3 is 4.74 Å². The number of hydrogen-bond donors (Lipinski definition) is 0. The van der Waals surface area contributed by atoms with Gasteiger partial charge in [0.05, 0.1) is 0 Å². The normalized spacial score (nSPS) is 14.6. The first-order chi connectivity index (χ1) is 16.3. The summed E-state index contributed by atoms with van der Waals surface area (Å²) < 4.78 is 5.69. The first-order valence-electron chi connectivity index (χ1n) is 11.0. The van der Waals surface area contributed by atoms with Crippen molar-refractivity contribution in [3.63, 3.8) is 0 Å². The molecule has 0 radical (unpaired) electrons. The summed E-state index contributed by atoms with van der Waals surface area (Å²) in [6.07, 6.45) is 3.57. The van der Waals surface area contributed by atoms with Crippen LogP contribution in [0.1, 0.15) is 11.1 Å². The molecule has 0 N–H and O–H groups in total. The predicted molar refractivity (Wildman–Crippen MR) is 135 cm³/mol. The molecular formula is C31H20O2. The van der Waals surface area contributed by atoms with E-state index in [4.69, 9.17) is 4.74 Å². The molecule has 156 valence electrons. The summed E-state index contributed by atoms with van der Waals surface area (Å²) in [6.45, 7) is 0. The Morgan fingerprint density at radius 3 is 1.85 bits per heavy atom. The maximum Gasteiger partial charge on any atom is 0.336 e.